The zero-order valence-corrected chi connectivity index (χ0v) is 14.4. The van der Waals surface area contributed by atoms with E-state index in [9.17, 15) is 0 Å². The molecular weight excluding hydrogens is 244 g/mol. The molecule has 0 saturated carbocycles. The third kappa shape index (κ3) is 5.96. The van der Waals surface area contributed by atoms with Crippen LogP contribution in [0.25, 0.3) is 0 Å². The Kier molecular flexibility index (Phi) is 11.2. The molecule has 0 atom stereocenters. The van der Waals surface area contributed by atoms with E-state index in [1.165, 1.54) is 50.4 Å². The fraction of sp³-hybridized carbons (Fsp3) is 0.667. The minimum Gasteiger partial charge on any atom is -0.369 e. The van der Waals surface area contributed by atoms with Gasteiger partial charge in [-0.15, -0.1) is 0 Å². The minimum absolute atomic E-state index is 1.17. The first kappa shape index (κ1) is 19.0. The summed E-state index contributed by atoms with van der Waals surface area (Å²) in [5.74, 6) is 0. The van der Waals surface area contributed by atoms with Gasteiger partial charge in [-0.2, -0.15) is 0 Å². The van der Waals surface area contributed by atoms with Crippen LogP contribution in [0.4, 0.5) is 5.69 Å². The first-order chi connectivity index (χ1) is 9.81. The van der Waals surface area contributed by atoms with Crippen LogP contribution in [0.5, 0.6) is 0 Å². The summed E-state index contributed by atoms with van der Waals surface area (Å²) in [7, 11) is 0. The van der Waals surface area contributed by atoms with Crippen LogP contribution in [0.15, 0.2) is 24.3 Å². The summed E-state index contributed by atoms with van der Waals surface area (Å²) < 4.78 is 0. The van der Waals surface area contributed by atoms with E-state index in [1.54, 1.807) is 0 Å². The van der Waals surface area contributed by atoms with Crippen molar-refractivity contribution in [1.82, 2.24) is 4.90 Å². The molecule has 116 valence electrons. The van der Waals surface area contributed by atoms with Gasteiger partial charge in [0.05, 0.1) is 0 Å². The maximum Gasteiger partial charge on any atom is 0.0396 e. The maximum atomic E-state index is 2.56. The number of hydrogen-bond donors (Lipinski definition) is 0. The van der Waals surface area contributed by atoms with Crippen molar-refractivity contribution in [2.24, 2.45) is 0 Å². The molecule has 0 bridgehead atoms. The molecule has 1 aliphatic heterocycles. The Balaban J connectivity index is 0.000000829. The Morgan fingerprint density at radius 3 is 1.95 bits per heavy atom. The average molecular weight is 278 g/mol. The first-order valence-electron chi connectivity index (χ1n) is 8.34. The molecule has 0 amide bonds. The van der Waals surface area contributed by atoms with E-state index < -0.39 is 0 Å². The van der Waals surface area contributed by atoms with Crippen LogP contribution in [-0.4, -0.2) is 37.6 Å². The van der Waals surface area contributed by atoms with Gasteiger partial charge in [0, 0.05) is 31.9 Å². The van der Waals surface area contributed by atoms with E-state index in [1.807, 2.05) is 27.7 Å². The molecule has 1 aliphatic rings. The fourth-order valence-corrected chi connectivity index (χ4v) is 2.45. The van der Waals surface area contributed by atoms with E-state index in [-0.39, 0.29) is 0 Å². The molecule has 1 saturated heterocycles. The molecule has 20 heavy (non-hydrogen) atoms. The fourth-order valence-electron chi connectivity index (χ4n) is 2.45. The Bertz CT molecular complexity index is 328. The quantitative estimate of drug-likeness (QED) is 0.798. The van der Waals surface area contributed by atoms with E-state index in [0.29, 0.717) is 0 Å². The number of rotatable bonds is 3. The van der Waals surface area contributed by atoms with Crippen molar-refractivity contribution in [3.63, 3.8) is 0 Å². The van der Waals surface area contributed by atoms with Crippen LogP contribution in [0.2, 0.25) is 0 Å². The van der Waals surface area contributed by atoms with Crippen molar-refractivity contribution in [1.29, 1.82) is 0 Å². The Morgan fingerprint density at radius 1 is 0.900 bits per heavy atom. The number of piperazine rings is 1. The van der Waals surface area contributed by atoms with Crippen LogP contribution in [0.1, 0.15) is 46.6 Å². The van der Waals surface area contributed by atoms with Crippen molar-refractivity contribution < 1.29 is 0 Å². The van der Waals surface area contributed by atoms with Crippen molar-refractivity contribution in [2.75, 3.05) is 37.6 Å². The lowest BCUT2D eigenvalue weighted by atomic mass is 10.1. The number of hydrogen-bond acceptors (Lipinski definition) is 2. The molecule has 1 fully saturated rings. The van der Waals surface area contributed by atoms with E-state index in [2.05, 4.69) is 47.9 Å². The predicted molar refractivity (Wildman–Crippen MR) is 92.8 cm³/mol. The Labute approximate surface area is 126 Å². The molecule has 0 unspecified atom stereocenters. The van der Waals surface area contributed by atoms with E-state index in [0.717, 1.165) is 0 Å². The highest BCUT2D eigenvalue weighted by atomic mass is 15.3. The predicted octanol–water partition coefficient (Wildman–Crippen LogP) is 4.58. The highest BCUT2D eigenvalue weighted by Gasteiger charge is 2.16. The summed E-state index contributed by atoms with van der Waals surface area (Å²) >= 11 is 0. The minimum atomic E-state index is 1.17. The van der Waals surface area contributed by atoms with Crippen molar-refractivity contribution in [3.8, 4) is 0 Å². The van der Waals surface area contributed by atoms with Crippen LogP contribution in [0, 0.1) is 6.92 Å². The van der Waals surface area contributed by atoms with Crippen molar-refractivity contribution in [3.05, 3.63) is 29.8 Å². The number of aryl methyl sites for hydroxylation is 1. The number of para-hydroxylation sites is 1. The van der Waals surface area contributed by atoms with E-state index >= 15 is 0 Å². The standard InChI is InChI=1S/C14H22N2.2C2H6/c1-3-8-15-9-11-16(12-10-15)14-7-5-4-6-13(14)2;2*1-2/h4-7H,3,8-12H2,1-2H3;2*1-2H3. The van der Waals surface area contributed by atoms with Gasteiger partial charge >= 0.3 is 0 Å². The summed E-state index contributed by atoms with van der Waals surface area (Å²) in [6.07, 6.45) is 1.27. The monoisotopic (exact) mass is 278 g/mol. The molecule has 0 aliphatic carbocycles. The first-order valence-corrected chi connectivity index (χ1v) is 8.34. The topological polar surface area (TPSA) is 6.48 Å². The van der Waals surface area contributed by atoms with Gasteiger partial charge in [0.1, 0.15) is 0 Å². The lowest BCUT2D eigenvalue weighted by Gasteiger charge is -2.36. The molecule has 0 aromatic heterocycles. The van der Waals surface area contributed by atoms with Gasteiger partial charge in [-0.1, -0.05) is 52.8 Å². The van der Waals surface area contributed by atoms with Gasteiger partial charge in [0.25, 0.3) is 0 Å². The molecule has 1 heterocycles. The van der Waals surface area contributed by atoms with Gasteiger partial charge < -0.3 is 4.90 Å². The second kappa shape index (κ2) is 11.8. The van der Waals surface area contributed by atoms with Gasteiger partial charge in [0.2, 0.25) is 0 Å². The number of anilines is 1. The SMILES string of the molecule is CC.CC.CCCN1CCN(c2ccccc2C)CC1. The smallest absolute Gasteiger partial charge is 0.0396 e. The van der Waals surface area contributed by atoms with E-state index in [4.69, 9.17) is 0 Å². The molecule has 2 nitrogen and oxygen atoms in total. The number of nitrogens with zero attached hydrogens (tertiary/aromatic N) is 2. The van der Waals surface area contributed by atoms with Crippen LogP contribution >= 0.6 is 0 Å². The average Bonchev–Trinajstić information content (AvgIpc) is 2.53. The van der Waals surface area contributed by atoms with Gasteiger partial charge in [-0.05, 0) is 31.5 Å². The van der Waals surface area contributed by atoms with Crippen LogP contribution in [-0.2, 0) is 0 Å². The van der Waals surface area contributed by atoms with Crippen LogP contribution < -0.4 is 4.90 Å². The number of benzene rings is 1. The Morgan fingerprint density at radius 2 is 1.45 bits per heavy atom. The largest absolute Gasteiger partial charge is 0.369 e. The summed E-state index contributed by atoms with van der Waals surface area (Å²) in [5, 5.41) is 0. The highest BCUT2D eigenvalue weighted by Crippen LogP contribution is 2.20. The zero-order chi connectivity index (χ0) is 15.4. The molecule has 0 radical (unpaired) electrons. The normalized spacial score (nSPS) is 14.8. The van der Waals surface area contributed by atoms with Gasteiger partial charge in [-0.3, -0.25) is 4.90 Å². The summed E-state index contributed by atoms with van der Waals surface area (Å²) in [6.45, 7) is 18.5. The van der Waals surface area contributed by atoms with Gasteiger partial charge in [0.15, 0.2) is 0 Å². The second-order valence-corrected chi connectivity index (χ2v) is 4.62. The third-order valence-electron chi connectivity index (χ3n) is 3.37. The van der Waals surface area contributed by atoms with Crippen LogP contribution in [0.3, 0.4) is 0 Å². The molecule has 0 spiro atoms. The van der Waals surface area contributed by atoms with Crippen molar-refractivity contribution in [2.45, 2.75) is 48.0 Å². The summed E-state index contributed by atoms with van der Waals surface area (Å²) in [4.78, 5) is 5.08. The molecule has 2 rings (SSSR count). The molecule has 1 aromatic rings. The molecule has 2 heteroatoms. The maximum absolute atomic E-state index is 2.56. The zero-order valence-electron chi connectivity index (χ0n) is 14.4. The lowest BCUT2D eigenvalue weighted by Crippen LogP contribution is -2.46. The Hall–Kier alpha value is -1.02. The van der Waals surface area contributed by atoms with Crippen molar-refractivity contribution >= 4 is 5.69 Å². The van der Waals surface area contributed by atoms with Gasteiger partial charge in [-0.25, -0.2) is 0 Å². The molecule has 1 aromatic carbocycles. The second-order valence-electron chi connectivity index (χ2n) is 4.62. The summed E-state index contributed by atoms with van der Waals surface area (Å²) in [6, 6.07) is 8.70. The molecular formula is C18H34N2. The lowest BCUT2D eigenvalue weighted by molar-refractivity contribution is 0.258. The third-order valence-corrected chi connectivity index (χ3v) is 3.37. The highest BCUT2D eigenvalue weighted by molar-refractivity contribution is 5.53. The summed E-state index contributed by atoms with van der Waals surface area (Å²) in [5.41, 5.74) is 2.81. The molecule has 0 N–H and O–H groups in total.